The maximum absolute atomic E-state index is 5.90. The van der Waals surface area contributed by atoms with Crippen LogP contribution in [0.1, 0.15) is 16.8 Å². The lowest BCUT2D eigenvalue weighted by Crippen LogP contribution is -2.01. The number of rotatable bonds is 4. The predicted octanol–water partition coefficient (Wildman–Crippen LogP) is 4.01. The van der Waals surface area contributed by atoms with Crippen LogP contribution in [0.25, 0.3) is 16.7 Å². The van der Waals surface area contributed by atoms with Gasteiger partial charge in [-0.05, 0) is 49.2 Å². The van der Waals surface area contributed by atoms with E-state index in [1.54, 1.807) is 12.4 Å². The maximum Gasteiger partial charge on any atom is 0.215 e. The maximum atomic E-state index is 5.90. The first kappa shape index (κ1) is 15.3. The van der Waals surface area contributed by atoms with Crippen LogP contribution < -0.4 is 4.74 Å². The van der Waals surface area contributed by atoms with Crippen molar-refractivity contribution in [3.05, 3.63) is 77.7 Å². The molecule has 4 rings (SSSR count). The van der Waals surface area contributed by atoms with Crippen LogP contribution in [0.2, 0.25) is 0 Å². The summed E-state index contributed by atoms with van der Waals surface area (Å²) in [5, 5.41) is 5.74. The molecule has 0 atom stereocenters. The van der Waals surface area contributed by atoms with E-state index in [2.05, 4.69) is 17.0 Å². The first-order valence-electron chi connectivity index (χ1n) is 8.16. The molecule has 0 spiro atoms. The smallest absolute Gasteiger partial charge is 0.215 e. The number of ether oxygens (including phenoxy) is 1. The molecule has 1 aromatic carbocycles. The molecule has 0 aliphatic heterocycles. The van der Waals surface area contributed by atoms with Gasteiger partial charge in [-0.3, -0.25) is 4.98 Å². The molecule has 0 saturated carbocycles. The molecule has 124 valence electrons. The van der Waals surface area contributed by atoms with Crippen molar-refractivity contribution in [2.75, 3.05) is 0 Å². The molecule has 0 aliphatic rings. The van der Waals surface area contributed by atoms with Crippen LogP contribution in [0, 0.1) is 13.8 Å². The van der Waals surface area contributed by atoms with Gasteiger partial charge in [0.1, 0.15) is 6.61 Å². The molecule has 4 aromatic rings. The molecule has 0 bridgehead atoms. The summed E-state index contributed by atoms with van der Waals surface area (Å²) in [6, 6.07) is 15.9. The summed E-state index contributed by atoms with van der Waals surface area (Å²) in [5.41, 5.74) is 4.92. The van der Waals surface area contributed by atoms with Crippen molar-refractivity contribution in [2.24, 2.45) is 0 Å². The minimum atomic E-state index is 0.457. The average molecular weight is 330 g/mol. The Balaban J connectivity index is 1.75. The van der Waals surface area contributed by atoms with Gasteiger partial charge in [-0.15, -0.1) is 0 Å². The zero-order valence-corrected chi connectivity index (χ0v) is 14.2. The van der Waals surface area contributed by atoms with Gasteiger partial charge in [0, 0.05) is 23.8 Å². The zero-order chi connectivity index (χ0) is 17.2. The third-order valence-electron chi connectivity index (χ3n) is 4.12. The minimum absolute atomic E-state index is 0.457. The molecule has 3 heterocycles. The highest BCUT2D eigenvalue weighted by atomic mass is 16.5. The van der Waals surface area contributed by atoms with Crippen LogP contribution in [0.3, 0.4) is 0 Å². The molecular formula is C20H18N4O. The second kappa shape index (κ2) is 6.36. The first-order valence-corrected chi connectivity index (χ1v) is 8.16. The molecule has 0 fully saturated rings. The summed E-state index contributed by atoms with van der Waals surface area (Å²) in [5.74, 6) is 0.596. The molecule has 25 heavy (non-hydrogen) atoms. The standard InChI is InChI=1S/C20H18N4O/c1-14-12-18(25-13-16-8-10-21-11-9-16)22-20-19(14)15(2)23-24(20)17-6-4-3-5-7-17/h3-12H,13H2,1-2H3. The van der Waals surface area contributed by atoms with Gasteiger partial charge in [-0.25, -0.2) is 4.68 Å². The van der Waals surface area contributed by atoms with E-state index in [1.807, 2.05) is 60.1 Å². The van der Waals surface area contributed by atoms with Crippen molar-refractivity contribution < 1.29 is 4.74 Å². The van der Waals surface area contributed by atoms with E-state index in [0.29, 0.717) is 12.5 Å². The van der Waals surface area contributed by atoms with Gasteiger partial charge in [-0.2, -0.15) is 10.1 Å². The monoisotopic (exact) mass is 330 g/mol. The third-order valence-corrected chi connectivity index (χ3v) is 4.12. The second-order valence-corrected chi connectivity index (χ2v) is 5.95. The van der Waals surface area contributed by atoms with Crippen LogP contribution in [-0.2, 0) is 6.61 Å². The van der Waals surface area contributed by atoms with E-state index in [-0.39, 0.29) is 0 Å². The molecule has 5 nitrogen and oxygen atoms in total. The summed E-state index contributed by atoms with van der Waals surface area (Å²) >= 11 is 0. The molecule has 3 aromatic heterocycles. The van der Waals surface area contributed by atoms with Crippen molar-refractivity contribution in [3.63, 3.8) is 0 Å². The summed E-state index contributed by atoms with van der Waals surface area (Å²) in [4.78, 5) is 8.73. The fourth-order valence-corrected chi connectivity index (χ4v) is 2.93. The highest BCUT2D eigenvalue weighted by Crippen LogP contribution is 2.26. The number of benzene rings is 1. The third kappa shape index (κ3) is 2.96. The zero-order valence-electron chi connectivity index (χ0n) is 14.2. The lowest BCUT2D eigenvalue weighted by Gasteiger charge is -2.08. The summed E-state index contributed by atoms with van der Waals surface area (Å²) in [6.45, 7) is 4.53. The lowest BCUT2D eigenvalue weighted by molar-refractivity contribution is 0.294. The number of aryl methyl sites for hydroxylation is 2. The van der Waals surface area contributed by atoms with Crippen molar-refractivity contribution in [1.82, 2.24) is 19.7 Å². The van der Waals surface area contributed by atoms with Gasteiger partial charge in [-0.1, -0.05) is 18.2 Å². The Hall–Kier alpha value is -3.21. The van der Waals surface area contributed by atoms with E-state index in [9.17, 15) is 0 Å². The topological polar surface area (TPSA) is 52.8 Å². The summed E-state index contributed by atoms with van der Waals surface area (Å²) in [6.07, 6.45) is 3.52. The number of hydrogen-bond acceptors (Lipinski definition) is 4. The van der Waals surface area contributed by atoms with Gasteiger partial charge in [0.15, 0.2) is 5.65 Å². The highest BCUT2D eigenvalue weighted by molar-refractivity contribution is 5.83. The Labute approximate surface area is 145 Å². The van der Waals surface area contributed by atoms with E-state index >= 15 is 0 Å². The van der Waals surface area contributed by atoms with Gasteiger partial charge < -0.3 is 4.74 Å². The normalized spacial score (nSPS) is 11.0. The molecule has 5 heteroatoms. The van der Waals surface area contributed by atoms with Gasteiger partial charge in [0.05, 0.1) is 11.4 Å². The number of hydrogen-bond donors (Lipinski definition) is 0. The number of fused-ring (bicyclic) bond motifs is 1. The van der Waals surface area contributed by atoms with Crippen molar-refractivity contribution in [1.29, 1.82) is 0 Å². The molecule has 0 unspecified atom stereocenters. The molecule has 0 N–H and O–H groups in total. The SMILES string of the molecule is Cc1cc(OCc2ccncc2)nc2c1c(C)nn2-c1ccccc1. The van der Waals surface area contributed by atoms with Crippen molar-refractivity contribution in [2.45, 2.75) is 20.5 Å². The number of nitrogens with zero attached hydrogens (tertiary/aromatic N) is 4. The molecule has 0 aliphatic carbocycles. The van der Waals surface area contributed by atoms with E-state index in [0.717, 1.165) is 33.5 Å². The van der Waals surface area contributed by atoms with Crippen molar-refractivity contribution in [3.8, 4) is 11.6 Å². The minimum Gasteiger partial charge on any atom is -0.473 e. The fourth-order valence-electron chi connectivity index (χ4n) is 2.93. The summed E-state index contributed by atoms with van der Waals surface area (Å²) in [7, 11) is 0. The van der Waals surface area contributed by atoms with Gasteiger partial charge in [0.25, 0.3) is 0 Å². The van der Waals surface area contributed by atoms with E-state index < -0.39 is 0 Å². The lowest BCUT2D eigenvalue weighted by atomic mass is 10.1. The Morgan fingerprint density at radius 3 is 2.52 bits per heavy atom. The van der Waals surface area contributed by atoms with Crippen LogP contribution in [-0.4, -0.2) is 19.7 Å². The van der Waals surface area contributed by atoms with Crippen LogP contribution in [0.5, 0.6) is 5.88 Å². The highest BCUT2D eigenvalue weighted by Gasteiger charge is 2.14. The number of para-hydroxylation sites is 1. The van der Waals surface area contributed by atoms with Crippen LogP contribution >= 0.6 is 0 Å². The van der Waals surface area contributed by atoms with Crippen LogP contribution in [0.15, 0.2) is 60.9 Å². The average Bonchev–Trinajstić information content (AvgIpc) is 2.99. The van der Waals surface area contributed by atoms with E-state index in [1.165, 1.54) is 0 Å². The van der Waals surface area contributed by atoms with Crippen LogP contribution in [0.4, 0.5) is 0 Å². The number of aromatic nitrogens is 4. The van der Waals surface area contributed by atoms with E-state index in [4.69, 9.17) is 9.72 Å². The first-order chi connectivity index (χ1) is 12.2. The Kier molecular flexibility index (Phi) is 3.90. The van der Waals surface area contributed by atoms with Gasteiger partial charge in [0.2, 0.25) is 5.88 Å². The molecule has 0 radical (unpaired) electrons. The van der Waals surface area contributed by atoms with Crippen molar-refractivity contribution >= 4 is 11.0 Å². The quantitative estimate of drug-likeness (QED) is 0.567. The fraction of sp³-hybridized carbons (Fsp3) is 0.150. The Morgan fingerprint density at radius 1 is 1.00 bits per heavy atom. The molecular weight excluding hydrogens is 312 g/mol. The second-order valence-electron chi connectivity index (χ2n) is 5.95. The molecule has 0 amide bonds. The summed E-state index contributed by atoms with van der Waals surface area (Å²) < 4.78 is 7.77. The predicted molar refractivity (Wildman–Crippen MR) is 96.9 cm³/mol. The molecule has 0 saturated heterocycles. The Morgan fingerprint density at radius 2 is 1.76 bits per heavy atom. The number of pyridine rings is 2. The van der Waals surface area contributed by atoms with Gasteiger partial charge >= 0.3 is 0 Å². The largest absolute Gasteiger partial charge is 0.473 e. The Bertz CT molecular complexity index is 1010.